The van der Waals surface area contributed by atoms with E-state index in [4.69, 9.17) is 0 Å². The second-order valence-electron chi connectivity index (χ2n) is 4.16. The van der Waals surface area contributed by atoms with Crippen LogP contribution in [-0.2, 0) is 33.4 Å². The molecule has 0 atom stereocenters. The number of hydrogen-bond donors (Lipinski definition) is 0. The van der Waals surface area contributed by atoms with Crippen LogP contribution in [0.4, 0.5) is 0 Å². The van der Waals surface area contributed by atoms with Gasteiger partial charge in [-0.25, -0.2) is 19.2 Å². The molecule has 1 aliphatic rings. The van der Waals surface area contributed by atoms with Crippen LogP contribution < -0.4 is 0 Å². The Morgan fingerprint density at radius 3 is 1.24 bits per heavy atom. The van der Waals surface area contributed by atoms with Crippen molar-refractivity contribution in [3.05, 3.63) is 22.3 Å². The summed E-state index contributed by atoms with van der Waals surface area (Å²) in [6.45, 7) is 6.17. The minimum Gasteiger partial charge on any atom is -0.466 e. The summed E-state index contributed by atoms with van der Waals surface area (Å²) in [5, 5.41) is 0. The van der Waals surface area contributed by atoms with Crippen molar-refractivity contribution in [3.63, 3.8) is 0 Å². The summed E-state index contributed by atoms with van der Waals surface area (Å²) in [5.41, 5.74) is 1.37. The van der Waals surface area contributed by atoms with Gasteiger partial charge in [0.25, 0.3) is 0 Å². The van der Waals surface area contributed by atoms with Crippen LogP contribution in [0.1, 0.15) is 27.7 Å². The second kappa shape index (κ2) is 7.98. The Bertz CT molecular complexity index is 492. The molecule has 0 aliphatic carbocycles. The third kappa shape index (κ3) is 4.87. The van der Waals surface area contributed by atoms with Crippen LogP contribution in [0.2, 0.25) is 0 Å². The molecule has 0 saturated carbocycles. The lowest BCUT2D eigenvalue weighted by Crippen LogP contribution is -2.10. The Kier molecular flexibility index (Phi) is 7.06. The molecule has 0 aromatic heterocycles. The van der Waals surface area contributed by atoms with Gasteiger partial charge in [0, 0.05) is 22.3 Å². The van der Waals surface area contributed by atoms with Crippen LogP contribution >= 0.6 is 0 Å². The zero-order chi connectivity index (χ0) is 16.7. The maximum Gasteiger partial charge on any atom is 0.342 e. The SMILES string of the molecule is CC1=C(C)C(=O)OC1=O.COC(=O)/C(C)=C(/C)C(=O)OC. The summed E-state index contributed by atoms with van der Waals surface area (Å²) < 4.78 is 13.1. The van der Waals surface area contributed by atoms with Gasteiger partial charge in [0.15, 0.2) is 0 Å². The lowest BCUT2D eigenvalue weighted by molar-refractivity contribution is -0.151. The summed E-state index contributed by atoms with van der Waals surface area (Å²) in [5.74, 6) is -2.06. The summed E-state index contributed by atoms with van der Waals surface area (Å²) >= 11 is 0. The molecule has 0 aromatic carbocycles. The van der Waals surface area contributed by atoms with Gasteiger partial charge in [-0.1, -0.05) is 0 Å². The van der Waals surface area contributed by atoms with Crippen molar-refractivity contribution in [2.24, 2.45) is 0 Å². The Labute approximate surface area is 122 Å². The van der Waals surface area contributed by atoms with Gasteiger partial charge in [0.2, 0.25) is 0 Å². The van der Waals surface area contributed by atoms with E-state index >= 15 is 0 Å². The molecule has 0 amide bonds. The maximum absolute atomic E-state index is 10.9. The average molecular weight is 298 g/mol. The first kappa shape index (κ1) is 18.6. The molecular weight excluding hydrogens is 280 g/mol. The number of carbonyl (C=O) groups excluding carboxylic acids is 4. The first-order chi connectivity index (χ1) is 9.67. The van der Waals surface area contributed by atoms with E-state index in [0.29, 0.717) is 11.1 Å². The van der Waals surface area contributed by atoms with Crippen LogP contribution in [0.25, 0.3) is 0 Å². The number of hydrogen-bond acceptors (Lipinski definition) is 7. The third-order valence-electron chi connectivity index (χ3n) is 2.91. The van der Waals surface area contributed by atoms with Crippen molar-refractivity contribution < 1.29 is 33.4 Å². The molecule has 1 rings (SSSR count). The van der Waals surface area contributed by atoms with Crippen LogP contribution in [0.5, 0.6) is 0 Å². The van der Waals surface area contributed by atoms with E-state index in [1.54, 1.807) is 13.8 Å². The number of carbonyl (C=O) groups is 4. The first-order valence-electron chi connectivity index (χ1n) is 5.95. The summed E-state index contributed by atoms with van der Waals surface area (Å²) in [7, 11) is 2.52. The van der Waals surface area contributed by atoms with Crippen LogP contribution in [0, 0.1) is 0 Å². The van der Waals surface area contributed by atoms with Crippen molar-refractivity contribution in [2.45, 2.75) is 27.7 Å². The Morgan fingerprint density at radius 2 is 1.10 bits per heavy atom. The summed E-state index contributed by atoms with van der Waals surface area (Å²) in [6.07, 6.45) is 0. The minimum atomic E-state index is -0.516. The number of esters is 4. The molecule has 0 fully saturated rings. The van der Waals surface area contributed by atoms with E-state index in [9.17, 15) is 19.2 Å². The lowest BCUT2D eigenvalue weighted by atomic mass is 10.1. The van der Waals surface area contributed by atoms with E-state index in [1.807, 2.05) is 0 Å². The molecule has 0 bridgehead atoms. The molecular formula is C14H18O7. The fraction of sp³-hybridized carbons (Fsp3) is 0.429. The van der Waals surface area contributed by atoms with E-state index in [1.165, 1.54) is 28.1 Å². The molecule has 21 heavy (non-hydrogen) atoms. The van der Waals surface area contributed by atoms with Gasteiger partial charge in [0.1, 0.15) is 0 Å². The average Bonchev–Trinajstić information content (AvgIpc) is 2.70. The van der Waals surface area contributed by atoms with Gasteiger partial charge in [-0.05, 0) is 27.7 Å². The quantitative estimate of drug-likeness (QED) is 0.325. The predicted octanol–water partition coefficient (Wildman–Crippen LogP) is 1.07. The fourth-order valence-electron chi connectivity index (χ4n) is 1.16. The zero-order valence-electron chi connectivity index (χ0n) is 12.9. The molecule has 0 radical (unpaired) electrons. The molecule has 0 saturated heterocycles. The van der Waals surface area contributed by atoms with Gasteiger partial charge in [-0.2, -0.15) is 0 Å². The second-order valence-corrected chi connectivity index (χ2v) is 4.16. The molecule has 1 heterocycles. The van der Waals surface area contributed by atoms with Crippen molar-refractivity contribution in [1.82, 2.24) is 0 Å². The monoisotopic (exact) mass is 298 g/mol. The highest BCUT2D eigenvalue weighted by Gasteiger charge is 2.25. The fourth-order valence-corrected chi connectivity index (χ4v) is 1.16. The number of methoxy groups -OCH3 is 2. The van der Waals surface area contributed by atoms with E-state index in [-0.39, 0.29) is 11.1 Å². The topological polar surface area (TPSA) is 96.0 Å². The van der Waals surface area contributed by atoms with Crippen molar-refractivity contribution in [3.8, 4) is 0 Å². The standard InChI is InChI=1S/C8H12O4.C6H6O3/c1-5(7(9)11-3)6(2)8(10)12-4;1-3-4(2)6(8)9-5(3)7/h1-4H3;1-2H3/b6-5-;. The Morgan fingerprint density at radius 1 is 0.810 bits per heavy atom. The normalized spacial score (nSPS) is 14.8. The van der Waals surface area contributed by atoms with Crippen molar-refractivity contribution >= 4 is 23.9 Å². The van der Waals surface area contributed by atoms with Crippen LogP contribution in [0.15, 0.2) is 22.3 Å². The van der Waals surface area contributed by atoms with E-state index < -0.39 is 23.9 Å². The molecule has 0 N–H and O–H groups in total. The van der Waals surface area contributed by atoms with Gasteiger partial charge >= 0.3 is 23.9 Å². The highest BCUT2D eigenvalue weighted by molar-refractivity contribution is 6.11. The number of rotatable bonds is 2. The molecule has 7 nitrogen and oxygen atoms in total. The largest absolute Gasteiger partial charge is 0.466 e. The molecule has 0 spiro atoms. The maximum atomic E-state index is 10.9. The van der Waals surface area contributed by atoms with Gasteiger partial charge in [-0.3, -0.25) is 0 Å². The molecule has 0 unspecified atom stereocenters. The third-order valence-corrected chi connectivity index (χ3v) is 2.91. The number of ether oxygens (including phenoxy) is 3. The van der Waals surface area contributed by atoms with Crippen molar-refractivity contribution in [2.75, 3.05) is 14.2 Å². The predicted molar refractivity (Wildman–Crippen MR) is 71.9 cm³/mol. The van der Waals surface area contributed by atoms with Crippen molar-refractivity contribution in [1.29, 1.82) is 0 Å². The lowest BCUT2D eigenvalue weighted by Gasteiger charge is -2.03. The van der Waals surface area contributed by atoms with E-state index in [0.717, 1.165) is 0 Å². The Hall–Kier alpha value is -2.44. The highest BCUT2D eigenvalue weighted by Crippen LogP contribution is 2.14. The van der Waals surface area contributed by atoms with Gasteiger partial charge in [-0.15, -0.1) is 0 Å². The summed E-state index contributed by atoms with van der Waals surface area (Å²) in [4.78, 5) is 42.8. The van der Waals surface area contributed by atoms with Gasteiger partial charge in [0.05, 0.1) is 14.2 Å². The number of cyclic esters (lactones) is 2. The molecule has 116 valence electrons. The molecule has 0 aromatic rings. The first-order valence-corrected chi connectivity index (χ1v) is 5.95. The summed E-state index contributed by atoms with van der Waals surface area (Å²) in [6, 6.07) is 0. The van der Waals surface area contributed by atoms with Crippen LogP contribution in [-0.4, -0.2) is 38.1 Å². The molecule has 7 heteroatoms. The van der Waals surface area contributed by atoms with Gasteiger partial charge < -0.3 is 14.2 Å². The van der Waals surface area contributed by atoms with E-state index in [2.05, 4.69) is 14.2 Å². The zero-order valence-corrected chi connectivity index (χ0v) is 12.9. The minimum absolute atomic E-state index is 0.268. The highest BCUT2D eigenvalue weighted by atomic mass is 16.6. The Balaban J connectivity index is 0.000000394. The smallest absolute Gasteiger partial charge is 0.342 e. The van der Waals surface area contributed by atoms with Crippen LogP contribution in [0.3, 0.4) is 0 Å². The molecule has 1 aliphatic heterocycles.